The van der Waals surface area contributed by atoms with Crippen LogP contribution in [0.5, 0.6) is 0 Å². The number of ketones is 1. The first-order valence-electron chi connectivity index (χ1n) is 9.34. The Labute approximate surface area is 163 Å². The number of rotatable bonds is 0. The molecule has 1 aromatic carbocycles. The van der Waals surface area contributed by atoms with Crippen molar-refractivity contribution in [2.24, 2.45) is 5.41 Å². The Hall–Kier alpha value is -1.39. The number of allylic oxidation sites excluding steroid dienone is 1. The van der Waals surface area contributed by atoms with Gasteiger partial charge in [0.15, 0.2) is 5.78 Å². The summed E-state index contributed by atoms with van der Waals surface area (Å²) in [4.78, 5) is 15.6. The molecule has 4 heteroatoms. The molecule has 1 aromatic rings. The number of benzene rings is 1. The molecule has 0 amide bonds. The normalized spacial score (nSPS) is 25.5. The summed E-state index contributed by atoms with van der Waals surface area (Å²) in [6.07, 6.45) is 9.58. The fraction of sp³-hybridized carbons (Fsp3) is 0.409. The van der Waals surface area contributed by atoms with E-state index in [1.165, 1.54) is 28.9 Å². The van der Waals surface area contributed by atoms with Crippen LogP contribution in [0.2, 0.25) is 0 Å². The molecule has 3 heterocycles. The molecule has 0 bridgehead atoms. The Morgan fingerprint density at radius 2 is 1.85 bits per heavy atom. The third kappa shape index (κ3) is 2.45. The highest BCUT2D eigenvalue weighted by Crippen LogP contribution is 2.58. The third-order valence-electron chi connectivity index (χ3n) is 5.64. The molecule has 2 nitrogen and oxygen atoms in total. The lowest BCUT2D eigenvalue weighted by molar-refractivity contribution is -0.118. The minimum Gasteiger partial charge on any atom is -0.320 e. The minimum atomic E-state index is -0.203. The molecule has 5 rings (SSSR count). The van der Waals surface area contributed by atoms with Gasteiger partial charge in [0.25, 0.3) is 0 Å². The van der Waals surface area contributed by atoms with Crippen molar-refractivity contribution in [1.82, 2.24) is 4.90 Å². The van der Waals surface area contributed by atoms with Gasteiger partial charge in [0.2, 0.25) is 0 Å². The van der Waals surface area contributed by atoms with Gasteiger partial charge in [-0.2, -0.15) is 0 Å². The molecule has 0 unspecified atom stereocenters. The van der Waals surface area contributed by atoms with Crippen LogP contribution in [-0.2, 0) is 4.79 Å². The van der Waals surface area contributed by atoms with Crippen molar-refractivity contribution >= 4 is 41.1 Å². The Kier molecular flexibility index (Phi) is 3.74. The standard InChI is InChI=1S/C22H23NOS2/c1-21(2)12-18-20(19(24)14-21)22(25-10-5-11-26-22)13-17-16-7-4-3-6-15(16)8-9-23(17)18/h3-4,6-9,13H,5,10-12,14H2,1-2H3. The zero-order valence-corrected chi connectivity index (χ0v) is 16.9. The van der Waals surface area contributed by atoms with Gasteiger partial charge in [0.05, 0.1) is 5.70 Å². The molecule has 1 saturated heterocycles. The number of Topliss-reactive ketones (excluding diaryl/α,β-unsaturated/α-hetero) is 1. The van der Waals surface area contributed by atoms with Gasteiger partial charge in [0, 0.05) is 29.5 Å². The van der Waals surface area contributed by atoms with Gasteiger partial charge in [-0.3, -0.25) is 4.79 Å². The molecule has 4 aliphatic rings. The SMILES string of the molecule is CC1(C)CC(=O)C2=C(C1)N1C=Cc3ccccc3C1=CC21SCCCS1. The minimum absolute atomic E-state index is 0.0222. The van der Waals surface area contributed by atoms with E-state index in [9.17, 15) is 4.79 Å². The van der Waals surface area contributed by atoms with E-state index < -0.39 is 0 Å². The van der Waals surface area contributed by atoms with E-state index in [2.05, 4.69) is 61.4 Å². The van der Waals surface area contributed by atoms with Crippen molar-refractivity contribution in [3.05, 3.63) is 58.9 Å². The molecule has 1 spiro atoms. The number of fused-ring (bicyclic) bond motifs is 5. The maximum absolute atomic E-state index is 13.3. The first kappa shape index (κ1) is 16.8. The molecule has 1 aliphatic carbocycles. The summed E-state index contributed by atoms with van der Waals surface area (Å²) in [6, 6.07) is 8.60. The predicted octanol–water partition coefficient (Wildman–Crippen LogP) is 5.54. The van der Waals surface area contributed by atoms with E-state index in [0.717, 1.165) is 23.5 Å². The number of hydrogen-bond acceptors (Lipinski definition) is 4. The number of carbonyl (C=O) groups excluding carboxylic acids is 1. The molecule has 0 N–H and O–H groups in total. The average molecular weight is 382 g/mol. The van der Waals surface area contributed by atoms with E-state index in [0.29, 0.717) is 12.2 Å². The first-order chi connectivity index (χ1) is 12.5. The van der Waals surface area contributed by atoms with Crippen molar-refractivity contribution in [3.63, 3.8) is 0 Å². The highest BCUT2D eigenvalue weighted by molar-refractivity contribution is 8.19. The van der Waals surface area contributed by atoms with Crippen LogP contribution in [0.15, 0.2) is 47.8 Å². The molecule has 0 radical (unpaired) electrons. The number of thioether (sulfide) groups is 2. The zero-order chi connectivity index (χ0) is 17.9. The summed E-state index contributed by atoms with van der Waals surface area (Å²) >= 11 is 3.93. The van der Waals surface area contributed by atoms with Crippen LogP contribution in [0.25, 0.3) is 11.8 Å². The van der Waals surface area contributed by atoms with Crippen LogP contribution in [0.3, 0.4) is 0 Å². The summed E-state index contributed by atoms with van der Waals surface area (Å²) in [5.41, 5.74) is 6.13. The van der Waals surface area contributed by atoms with Gasteiger partial charge in [-0.05, 0) is 47.5 Å². The molecular formula is C22H23NOS2. The number of hydrogen-bond donors (Lipinski definition) is 0. The molecule has 0 aromatic heterocycles. The topological polar surface area (TPSA) is 20.3 Å². The highest BCUT2D eigenvalue weighted by Gasteiger charge is 2.49. The summed E-state index contributed by atoms with van der Waals surface area (Å²) < 4.78 is -0.203. The van der Waals surface area contributed by atoms with Gasteiger partial charge < -0.3 is 4.90 Å². The molecule has 0 atom stereocenters. The van der Waals surface area contributed by atoms with Gasteiger partial charge in [-0.15, -0.1) is 23.5 Å². The first-order valence-corrected chi connectivity index (χ1v) is 11.3. The van der Waals surface area contributed by atoms with Crippen LogP contribution in [-0.4, -0.2) is 26.3 Å². The van der Waals surface area contributed by atoms with E-state index in [-0.39, 0.29) is 9.49 Å². The van der Waals surface area contributed by atoms with Crippen molar-refractivity contribution in [2.75, 3.05) is 11.5 Å². The van der Waals surface area contributed by atoms with Crippen molar-refractivity contribution in [3.8, 4) is 0 Å². The van der Waals surface area contributed by atoms with Crippen molar-refractivity contribution in [1.29, 1.82) is 0 Å². The Morgan fingerprint density at radius 1 is 1.08 bits per heavy atom. The third-order valence-corrected chi connectivity index (χ3v) is 8.83. The van der Waals surface area contributed by atoms with Crippen LogP contribution in [0.1, 0.15) is 44.2 Å². The summed E-state index contributed by atoms with van der Waals surface area (Å²) in [7, 11) is 0. The second-order valence-electron chi connectivity index (χ2n) is 8.28. The lowest BCUT2D eigenvalue weighted by Gasteiger charge is -2.48. The van der Waals surface area contributed by atoms with Crippen LogP contribution in [0, 0.1) is 5.41 Å². The molecular weight excluding hydrogens is 358 g/mol. The maximum Gasteiger partial charge on any atom is 0.163 e. The number of nitrogens with zero attached hydrogens (tertiary/aromatic N) is 1. The highest BCUT2D eigenvalue weighted by atomic mass is 32.2. The van der Waals surface area contributed by atoms with E-state index >= 15 is 0 Å². The quantitative estimate of drug-likeness (QED) is 0.588. The molecule has 26 heavy (non-hydrogen) atoms. The lowest BCUT2D eigenvalue weighted by atomic mass is 9.73. The van der Waals surface area contributed by atoms with Crippen molar-refractivity contribution < 1.29 is 4.79 Å². The predicted molar refractivity (Wildman–Crippen MR) is 113 cm³/mol. The van der Waals surface area contributed by atoms with Crippen LogP contribution >= 0.6 is 23.5 Å². The molecule has 0 saturated carbocycles. The Bertz CT molecular complexity index is 887. The number of carbonyl (C=O) groups is 1. The maximum atomic E-state index is 13.3. The fourth-order valence-corrected chi connectivity index (χ4v) is 7.88. The summed E-state index contributed by atoms with van der Waals surface area (Å²) in [6.45, 7) is 4.45. The Balaban J connectivity index is 1.74. The van der Waals surface area contributed by atoms with E-state index in [1.807, 2.05) is 23.5 Å². The van der Waals surface area contributed by atoms with Gasteiger partial charge >= 0.3 is 0 Å². The van der Waals surface area contributed by atoms with Gasteiger partial charge in [-0.1, -0.05) is 38.1 Å². The van der Waals surface area contributed by atoms with Crippen molar-refractivity contribution in [2.45, 2.75) is 37.2 Å². The second kappa shape index (κ2) is 5.80. The zero-order valence-electron chi connectivity index (χ0n) is 15.2. The van der Waals surface area contributed by atoms with Gasteiger partial charge in [-0.25, -0.2) is 0 Å². The Morgan fingerprint density at radius 3 is 2.65 bits per heavy atom. The lowest BCUT2D eigenvalue weighted by Crippen LogP contribution is -2.43. The fourth-order valence-electron chi connectivity index (χ4n) is 4.54. The largest absolute Gasteiger partial charge is 0.320 e. The average Bonchev–Trinajstić information content (AvgIpc) is 2.61. The summed E-state index contributed by atoms with van der Waals surface area (Å²) in [5, 5.41) is 0. The van der Waals surface area contributed by atoms with E-state index in [4.69, 9.17) is 0 Å². The summed E-state index contributed by atoms with van der Waals surface area (Å²) in [5.74, 6) is 2.60. The van der Waals surface area contributed by atoms with Crippen LogP contribution < -0.4 is 0 Å². The molecule has 134 valence electrons. The van der Waals surface area contributed by atoms with E-state index in [1.54, 1.807) is 0 Å². The van der Waals surface area contributed by atoms with Gasteiger partial charge in [0.1, 0.15) is 4.08 Å². The smallest absolute Gasteiger partial charge is 0.163 e. The monoisotopic (exact) mass is 381 g/mol. The second-order valence-corrected chi connectivity index (χ2v) is 11.2. The van der Waals surface area contributed by atoms with Crippen LogP contribution in [0.4, 0.5) is 0 Å². The molecule has 3 aliphatic heterocycles. The molecule has 1 fully saturated rings.